The van der Waals surface area contributed by atoms with Crippen molar-refractivity contribution in [3.05, 3.63) is 59.7 Å². The molecular formula is C17H16N2O2. The number of nitrogens with two attached hydrogens (primary N) is 1. The number of hydrogen-bond donors (Lipinski definition) is 2. The Morgan fingerprint density at radius 1 is 1.24 bits per heavy atom. The summed E-state index contributed by atoms with van der Waals surface area (Å²) in [6.45, 7) is 0.289. The second-order valence-electron chi connectivity index (χ2n) is 4.24. The quantitative estimate of drug-likeness (QED) is 0.848. The number of para-hydroxylation sites is 2. The van der Waals surface area contributed by atoms with Crippen LogP contribution >= 0.6 is 0 Å². The number of amides is 1. The molecule has 0 fully saturated rings. The number of methoxy groups -OCH3 is 1. The maximum absolute atomic E-state index is 12.3. The van der Waals surface area contributed by atoms with Crippen molar-refractivity contribution in [1.29, 1.82) is 0 Å². The summed E-state index contributed by atoms with van der Waals surface area (Å²) in [5.74, 6) is 6.07. The topological polar surface area (TPSA) is 64.3 Å². The fourth-order valence-corrected chi connectivity index (χ4v) is 1.83. The number of anilines is 1. The molecule has 0 aliphatic rings. The maximum Gasteiger partial charge on any atom is 0.255 e. The number of hydrogen-bond acceptors (Lipinski definition) is 3. The SMILES string of the molecule is COc1ccccc1NC(=O)c1cccc(C#CCN)c1. The molecule has 4 nitrogen and oxygen atoms in total. The van der Waals surface area contributed by atoms with E-state index in [0.29, 0.717) is 17.0 Å². The first-order chi connectivity index (χ1) is 10.2. The lowest BCUT2D eigenvalue weighted by atomic mass is 10.1. The van der Waals surface area contributed by atoms with Gasteiger partial charge in [0.15, 0.2) is 0 Å². The molecule has 106 valence electrons. The Kier molecular flexibility index (Phi) is 4.97. The molecule has 0 aromatic heterocycles. The zero-order valence-electron chi connectivity index (χ0n) is 11.7. The summed E-state index contributed by atoms with van der Waals surface area (Å²) in [5.41, 5.74) is 7.26. The van der Waals surface area contributed by atoms with E-state index in [-0.39, 0.29) is 12.5 Å². The van der Waals surface area contributed by atoms with Gasteiger partial charge in [0.2, 0.25) is 0 Å². The molecule has 0 heterocycles. The number of ether oxygens (including phenoxy) is 1. The van der Waals surface area contributed by atoms with Crippen LogP contribution in [0.2, 0.25) is 0 Å². The van der Waals surface area contributed by atoms with Gasteiger partial charge in [-0.05, 0) is 30.3 Å². The van der Waals surface area contributed by atoms with Gasteiger partial charge in [-0.3, -0.25) is 4.79 Å². The van der Waals surface area contributed by atoms with E-state index in [9.17, 15) is 4.79 Å². The molecule has 3 N–H and O–H groups in total. The minimum atomic E-state index is -0.212. The van der Waals surface area contributed by atoms with Crippen molar-refractivity contribution in [3.8, 4) is 17.6 Å². The Balaban J connectivity index is 2.20. The molecule has 0 atom stereocenters. The largest absolute Gasteiger partial charge is 0.495 e. The molecule has 0 aliphatic carbocycles. The van der Waals surface area contributed by atoms with Crippen molar-refractivity contribution < 1.29 is 9.53 Å². The van der Waals surface area contributed by atoms with Crippen molar-refractivity contribution in [2.24, 2.45) is 5.73 Å². The molecule has 21 heavy (non-hydrogen) atoms. The Morgan fingerprint density at radius 2 is 2.05 bits per heavy atom. The lowest BCUT2D eigenvalue weighted by Crippen LogP contribution is -2.12. The predicted octanol–water partition coefficient (Wildman–Crippen LogP) is 2.26. The van der Waals surface area contributed by atoms with E-state index in [0.717, 1.165) is 5.56 Å². The third kappa shape index (κ3) is 3.85. The molecule has 0 aliphatic heterocycles. The second kappa shape index (κ2) is 7.13. The van der Waals surface area contributed by atoms with Gasteiger partial charge in [0.1, 0.15) is 5.75 Å². The van der Waals surface area contributed by atoms with Gasteiger partial charge in [-0.1, -0.05) is 30.0 Å². The monoisotopic (exact) mass is 280 g/mol. The molecule has 0 unspecified atom stereocenters. The highest BCUT2D eigenvalue weighted by molar-refractivity contribution is 6.05. The second-order valence-corrected chi connectivity index (χ2v) is 4.24. The van der Waals surface area contributed by atoms with Crippen LogP contribution in [-0.4, -0.2) is 19.6 Å². The minimum Gasteiger partial charge on any atom is -0.495 e. The van der Waals surface area contributed by atoms with Gasteiger partial charge in [-0.15, -0.1) is 0 Å². The maximum atomic E-state index is 12.3. The Hall–Kier alpha value is -2.77. The zero-order valence-corrected chi connectivity index (χ0v) is 11.7. The first kappa shape index (κ1) is 14.6. The van der Waals surface area contributed by atoms with Gasteiger partial charge in [0, 0.05) is 11.1 Å². The molecule has 0 saturated heterocycles. The van der Waals surface area contributed by atoms with Gasteiger partial charge in [0.05, 0.1) is 19.3 Å². The van der Waals surface area contributed by atoms with Crippen molar-refractivity contribution in [2.45, 2.75) is 0 Å². The predicted molar refractivity (Wildman–Crippen MR) is 83.3 cm³/mol. The van der Waals surface area contributed by atoms with Gasteiger partial charge >= 0.3 is 0 Å². The van der Waals surface area contributed by atoms with Crippen molar-refractivity contribution in [2.75, 3.05) is 19.0 Å². The van der Waals surface area contributed by atoms with E-state index in [2.05, 4.69) is 17.2 Å². The van der Waals surface area contributed by atoms with E-state index in [4.69, 9.17) is 10.5 Å². The molecule has 0 spiro atoms. The number of benzene rings is 2. The summed E-state index contributed by atoms with van der Waals surface area (Å²) < 4.78 is 5.21. The van der Waals surface area contributed by atoms with Gasteiger partial charge in [-0.25, -0.2) is 0 Å². The van der Waals surface area contributed by atoms with E-state index < -0.39 is 0 Å². The molecule has 2 aromatic rings. The average Bonchev–Trinajstić information content (AvgIpc) is 2.53. The molecule has 2 aromatic carbocycles. The average molecular weight is 280 g/mol. The van der Waals surface area contributed by atoms with Crippen LogP contribution < -0.4 is 15.8 Å². The van der Waals surface area contributed by atoms with Crippen molar-refractivity contribution in [3.63, 3.8) is 0 Å². The first-order valence-electron chi connectivity index (χ1n) is 6.48. The summed E-state index contributed by atoms with van der Waals surface area (Å²) >= 11 is 0. The van der Waals surface area contributed by atoms with E-state index in [1.165, 1.54) is 0 Å². The highest BCUT2D eigenvalue weighted by atomic mass is 16.5. The van der Waals surface area contributed by atoms with Crippen LogP contribution in [0.3, 0.4) is 0 Å². The first-order valence-corrected chi connectivity index (χ1v) is 6.48. The van der Waals surface area contributed by atoms with Crippen LogP contribution in [-0.2, 0) is 0 Å². The number of nitrogens with one attached hydrogen (secondary N) is 1. The smallest absolute Gasteiger partial charge is 0.255 e. The highest BCUT2D eigenvalue weighted by Crippen LogP contribution is 2.23. The van der Waals surface area contributed by atoms with Crippen LogP contribution in [0.15, 0.2) is 48.5 Å². The molecule has 1 amide bonds. The normalized spacial score (nSPS) is 9.43. The number of carbonyl (C=O) groups excluding carboxylic acids is 1. The fraction of sp³-hybridized carbons (Fsp3) is 0.118. The summed E-state index contributed by atoms with van der Waals surface area (Å²) in [5, 5.41) is 2.82. The molecule has 2 rings (SSSR count). The summed E-state index contributed by atoms with van der Waals surface area (Å²) in [6, 6.07) is 14.3. The lowest BCUT2D eigenvalue weighted by Gasteiger charge is -2.09. The summed E-state index contributed by atoms with van der Waals surface area (Å²) in [6.07, 6.45) is 0. The van der Waals surface area contributed by atoms with Crippen LogP contribution in [0.4, 0.5) is 5.69 Å². The van der Waals surface area contributed by atoms with Crippen LogP contribution in [0.1, 0.15) is 15.9 Å². The summed E-state index contributed by atoms with van der Waals surface area (Å²) in [4.78, 5) is 12.3. The zero-order chi connectivity index (χ0) is 15.1. The minimum absolute atomic E-state index is 0.212. The Morgan fingerprint density at radius 3 is 2.81 bits per heavy atom. The molecule has 0 radical (unpaired) electrons. The Labute approximate surface area is 123 Å². The van der Waals surface area contributed by atoms with Gasteiger partial charge in [0.25, 0.3) is 5.91 Å². The van der Waals surface area contributed by atoms with Crippen molar-refractivity contribution >= 4 is 11.6 Å². The van der Waals surface area contributed by atoms with Gasteiger partial charge in [-0.2, -0.15) is 0 Å². The summed E-state index contributed by atoms with van der Waals surface area (Å²) in [7, 11) is 1.56. The van der Waals surface area contributed by atoms with Crippen LogP contribution in [0.25, 0.3) is 0 Å². The van der Waals surface area contributed by atoms with E-state index in [1.54, 1.807) is 37.4 Å². The highest BCUT2D eigenvalue weighted by Gasteiger charge is 2.09. The van der Waals surface area contributed by atoms with Crippen molar-refractivity contribution in [1.82, 2.24) is 0 Å². The molecule has 0 bridgehead atoms. The van der Waals surface area contributed by atoms with Gasteiger partial charge < -0.3 is 15.8 Å². The molecule has 4 heteroatoms. The third-order valence-electron chi connectivity index (χ3n) is 2.81. The lowest BCUT2D eigenvalue weighted by molar-refractivity contribution is 0.102. The fourth-order valence-electron chi connectivity index (χ4n) is 1.83. The van der Waals surface area contributed by atoms with Crippen LogP contribution in [0.5, 0.6) is 5.75 Å². The number of rotatable bonds is 3. The third-order valence-corrected chi connectivity index (χ3v) is 2.81. The van der Waals surface area contributed by atoms with Crippen LogP contribution in [0, 0.1) is 11.8 Å². The number of carbonyl (C=O) groups is 1. The molecular weight excluding hydrogens is 264 g/mol. The van der Waals surface area contributed by atoms with E-state index >= 15 is 0 Å². The molecule has 0 saturated carbocycles. The Bertz CT molecular complexity index is 699. The standard InChI is InChI=1S/C17H16N2O2/c1-21-16-10-3-2-9-15(16)19-17(20)14-8-4-6-13(12-14)7-5-11-18/h2-4,6,8-10,12H,11,18H2,1H3,(H,19,20). The van der Waals surface area contributed by atoms with E-state index in [1.807, 2.05) is 18.2 Å².